The smallest absolute Gasteiger partial charge is 0.286 e. The molecule has 6 heteroatoms. The molecular weight excluding hydrogens is 406 g/mol. The highest BCUT2D eigenvalue weighted by molar-refractivity contribution is 8.18. The van der Waals surface area contributed by atoms with Crippen LogP contribution in [-0.2, 0) is 4.79 Å². The standard InChI is InChI=1S/C25H29N3O2S/c1-3-4-17-30-22-12-8-6-10-20(22)18-23-24(29)26-25(31-23)28-15-13-27(14-16-28)21-11-7-5-9-19(21)2/h5-12,18H,3-4,13-17H2,1-2H3. The van der Waals surface area contributed by atoms with E-state index in [4.69, 9.17) is 4.74 Å². The normalized spacial score (nSPS) is 17.9. The highest BCUT2D eigenvalue weighted by atomic mass is 32.2. The number of ether oxygens (including phenoxy) is 1. The van der Waals surface area contributed by atoms with Crippen molar-refractivity contribution in [2.75, 3.05) is 37.7 Å². The van der Waals surface area contributed by atoms with E-state index in [1.54, 1.807) is 0 Å². The summed E-state index contributed by atoms with van der Waals surface area (Å²) in [6.07, 6.45) is 4.01. The number of hydrogen-bond acceptors (Lipinski definition) is 5. The quantitative estimate of drug-likeness (QED) is 0.474. The fraction of sp³-hybridized carbons (Fsp3) is 0.360. The van der Waals surface area contributed by atoms with E-state index in [1.165, 1.54) is 23.0 Å². The lowest BCUT2D eigenvalue weighted by molar-refractivity contribution is -0.113. The van der Waals surface area contributed by atoms with Crippen LogP contribution in [0, 0.1) is 6.92 Å². The van der Waals surface area contributed by atoms with Gasteiger partial charge in [-0.15, -0.1) is 0 Å². The third-order valence-electron chi connectivity index (χ3n) is 5.58. The topological polar surface area (TPSA) is 45.1 Å². The number of benzene rings is 2. The molecule has 31 heavy (non-hydrogen) atoms. The molecule has 5 nitrogen and oxygen atoms in total. The highest BCUT2D eigenvalue weighted by Gasteiger charge is 2.29. The Labute approximate surface area is 188 Å². The predicted octanol–water partition coefficient (Wildman–Crippen LogP) is 4.97. The Hall–Kier alpha value is -2.73. The summed E-state index contributed by atoms with van der Waals surface area (Å²) in [6, 6.07) is 16.4. The average molecular weight is 436 g/mol. The molecule has 0 atom stereocenters. The summed E-state index contributed by atoms with van der Waals surface area (Å²) in [5.74, 6) is 0.654. The number of anilines is 1. The molecule has 0 unspecified atom stereocenters. The van der Waals surface area contributed by atoms with Crippen LogP contribution in [0.1, 0.15) is 30.9 Å². The molecule has 0 spiro atoms. The molecule has 1 fully saturated rings. The predicted molar refractivity (Wildman–Crippen MR) is 130 cm³/mol. The fourth-order valence-electron chi connectivity index (χ4n) is 3.79. The molecule has 2 aromatic carbocycles. The zero-order valence-electron chi connectivity index (χ0n) is 18.2. The van der Waals surface area contributed by atoms with E-state index in [9.17, 15) is 4.79 Å². The largest absolute Gasteiger partial charge is 0.493 e. The fourth-order valence-corrected chi connectivity index (χ4v) is 4.74. The SMILES string of the molecule is CCCCOc1ccccc1C=C1SC(N2CCN(c3ccccc3C)CC2)=NC1=O. The van der Waals surface area contributed by atoms with Gasteiger partial charge >= 0.3 is 0 Å². The number of aliphatic imine (C=N–C) groups is 1. The number of unbranched alkanes of at least 4 members (excludes halogenated alkanes) is 1. The van der Waals surface area contributed by atoms with E-state index in [0.29, 0.717) is 11.5 Å². The third kappa shape index (κ3) is 5.13. The molecule has 1 saturated heterocycles. The number of para-hydroxylation sites is 2. The summed E-state index contributed by atoms with van der Waals surface area (Å²) in [4.78, 5) is 22.2. The number of thioether (sulfide) groups is 1. The van der Waals surface area contributed by atoms with Gasteiger partial charge in [0.1, 0.15) is 5.75 Å². The van der Waals surface area contributed by atoms with Gasteiger partial charge in [-0.1, -0.05) is 49.7 Å². The second kappa shape index (κ2) is 10.1. The van der Waals surface area contributed by atoms with Gasteiger partial charge in [-0.2, -0.15) is 4.99 Å². The molecule has 4 rings (SSSR count). The Bertz CT molecular complexity index is 994. The zero-order chi connectivity index (χ0) is 21.6. The Morgan fingerprint density at radius 1 is 1.03 bits per heavy atom. The van der Waals surface area contributed by atoms with E-state index in [2.05, 4.69) is 52.9 Å². The van der Waals surface area contributed by atoms with Crippen LogP contribution in [0.5, 0.6) is 5.75 Å². The average Bonchev–Trinajstić information content (AvgIpc) is 3.16. The van der Waals surface area contributed by atoms with Gasteiger partial charge in [-0.3, -0.25) is 4.79 Å². The van der Waals surface area contributed by atoms with E-state index < -0.39 is 0 Å². The molecule has 1 amide bonds. The lowest BCUT2D eigenvalue weighted by atomic mass is 10.1. The van der Waals surface area contributed by atoms with Crippen LogP contribution in [0.2, 0.25) is 0 Å². The maximum atomic E-state index is 12.6. The van der Waals surface area contributed by atoms with Crippen molar-refractivity contribution in [2.24, 2.45) is 4.99 Å². The minimum absolute atomic E-state index is 0.162. The van der Waals surface area contributed by atoms with E-state index in [0.717, 1.165) is 55.5 Å². The zero-order valence-corrected chi connectivity index (χ0v) is 19.0. The van der Waals surface area contributed by atoms with Gasteiger partial charge in [0.25, 0.3) is 5.91 Å². The number of rotatable bonds is 6. The number of hydrogen-bond donors (Lipinski definition) is 0. The van der Waals surface area contributed by atoms with E-state index >= 15 is 0 Å². The van der Waals surface area contributed by atoms with E-state index in [1.807, 2.05) is 30.3 Å². The first-order valence-electron chi connectivity index (χ1n) is 11.0. The van der Waals surface area contributed by atoms with Gasteiger partial charge in [0.2, 0.25) is 0 Å². The number of amidine groups is 1. The summed E-state index contributed by atoms with van der Waals surface area (Å²) in [6.45, 7) is 8.54. The number of piperazine rings is 1. The van der Waals surface area contributed by atoms with Gasteiger partial charge in [0, 0.05) is 37.4 Å². The van der Waals surface area contributed by atoms with Crippen molar-refractivity contribution in [2.45, 2.75) is 26.7 Å². The number of carbonyl (C=O) groups excluding carboxylic acids is 1. The minimum atomic E-state index is -0.162. The van der Waals surface area contributed by atoms with Gasteiger partial charge in [-0.25, -0.2) is 0 Å². The first-order chi connectivity index (χ1) is 15.2. The molecule has 0 aromatic heterocycles. The number of nitrogens with zero attached hydrogens (tertiary/aromatic N) is 3. The van der Waals surface area contributed by atoms with Crippen LogP contribution in [0.3, 0.4) is 0 Å². The molecular formula is C25H29N3O2S. The molecule has 2 aromatic rings. The Morgan fingerprint density at radius 3 is 2.52 bits per heavy atom. The van der Waals surface area contributed by atoms with Crippen molar-refractivity contribution < 1.29 is 9.53 Å². The second-order valence-corrected chi connectivity index (χ2v) is 8.82. The van der Waals surface area contributed by atoms with Crippen molar-refractivity contribution in [3.05, 3.63) is 64.6 Å². The number of amides is 1. The van der Waals surface area contributed by atoms with Crippen LogP contribution in [0.4, 0.5) is 5.69 Å². The molecule has 0 N–H and O–H groups in total. The Balaban J connectivity index is 1.40. The molecule has 2 aliphatic rings. The molecule has 162 valence electrons. The second-order valence-electron chi connectivity index (χ2n) is 7.81. The lowest BCUT2D eigenvalue weighted by Gasteiger charge is -2.37. The third-order valence-corrected chi connectivity index (χ3v) is 6.62. The maximum Gasteiger partial charge on any atom is 0.286 e. The highest BCUT2D eigenvalue weighted by Crippen LogP contribution is 2.33. The first-order valence-corrected chi connectivity index (χ1v) is 11.8. The van der Waals surface area contributed by atoms with Crippen molar-refractivity contribution in [1.29, 1.82) is 0 Å². The van der Waals surface area contributed by atoms with Gasteiger partial charge in [0.15, 0.2) is 5.17 Å². The van der Waals surface area contributed by atoms with Crippen LogP contribution in [0.15, 0.2) is 58.4 Å². The van der Waals surface area contributed by atoms with Crippen molar-refractivity contribution >= 4 is 34.6 Å². The monoisotopic (exact) mass is 435 g/mol. The molecule has 2 aliphatic heterocycles. The van der Waals surface area contributed by atoms with Gasteiger partial charge < -0.3 is 14.5 Å². The molecule has 0 bridgehead atoms. The summed E-state index contributed by atoms with van der Waals surface area (Å²) >= 11 is 1.47. The molecule has 0 radical (unpaired) electrons. The maximum absolute atomic E-state index is 12.6. The Morgan fingerprint density at radius 2 is 1.74 bits per heavy atom. The number of carbonyl (C=O) groups is 1. The summed E-state index contributed by atoms with van der Waals surface area (Å²) < 4.78 is 5.91. The summed E-state index contributed by atoms with van der Waals surface area (Å²) in [7, 11) is 0. The molecule has 0 aliphatic carbocycles. The molecule has 0 saturated carbocycles. The Kier molecular flexibility index (Phi) is 6.97. The minimum Gasteiger partial charge on any atom is -0.493 e. The van der Waals surface area contributed by atoms with Crippen LogP contribution in [0.25, 0.3) is 6.08 Å². The van der Waals surface area contributed by atoms with Crippen LogP contribution >= 0.6 is 11.8 Å². The van der Waals surface area contributed by atoms with Crippen LogP contribution < -0.4 is 9.64 Å². The van der Waals surface area contributed by atoms with Gasteiger partial charge in [0.05, 0.1) is 11.5 Å². The van der Waals surface area contributed by atoms with Crippen molar-refractivity contribution in [1.82, 2.24) is 4.90 Å². The summed E-state index contributed by atoms with van der Waals surface area (Å²) in [5, 5.41) is 0.810. The van der Waals surface area contributed by atoms with Crippen molar-refractivity contribution in [3.8, 4) is 5.75 Å². The number of aryl methyl sites for hydroxylation is 1. The lowest BCUT2D eigenvalue weighted by Crippen LogP contribution is -2.48. The van der Waals surface area contributed by atoms with E-state index in [-0.39, 0.29) is 5.91 Å². The van der Waals surface area contributed by atoms with Gasteiger partial charge in [-0.05, 0) is 48.9 Å². The van der Waals surface area contributed by atoms with Crippen LogP contribution in [-0.4, -0.2) is 48.8 Å². The summed E-state index contributed by atoms with van der Waals surface area (Å²) in [5.41, 5.74) is 3.51. The first kappa shape index (κ1) is 21.5. The van der Waals surface area contributed by atoms with Crippen molar-refractivity contribution in [3.63, 3.8) is 0 Å². The molecule has 2 heterocycles.